The molecule has 0 aromatic heterocycles. The average molecular weight is 466 g/mol. The zero-order valence-corrected chi connectivity index (χ0v) is 18.2. The summed E-state index contributed by atoms with van der Waals surface area (Å²) < 4.78 is 5.18. The minimum Gasteiger partial charge on any atom is -0.456 e. The van der Waals surface area contributed by atoms with Crippen molar-refractivity contribution >= 4 is 58.5 Å². The second kappa shape index (κ2) is 9.64. The maximum absolute atomic E-state index is 12.9. The normalized spacial score (nSPS) is 13.9. The molecule has 1 heterocycles. The lowest BCUT2D eigenvalue weighted by Gasteiger charge is -2.24. The van der Waals surface area contributed by atoms with Gasteiger partial charge in [0.2, 0.25) is 0 Å². The summed E-state index contributed by atoms with van der Waals surface area (Å²) in [5.74, 6) is -1.99. The monoisotopic (exact) mass is 465 g/mol. The second-order valence-corrected chi connectivity index (χ2v) is 8.29. The summed E-state index contributed by atoms with van der Waals surface area (Å²) in [5.41, 5.74) is 0.560. The van der Waals surface area contributed by atoms with Crippen LogP contribution in [0.1, 0.15) is 37.5 Å². The van der Waals surface area contributed by atoms with Gasteiger partial charge in [-0.05, 0) is 30.6 Å². The maximum atomic E-state index is 12.9. The standard InChI is InChI=1S/C21H17Cl2NO5S/c1-30-8-7-17(21(28)29-11-18(25)12-5-3-2-4-6-12)24-19(26)13-9-15(22)16(23)10-14(13)20(24)27/h2-6,9-10,17H,7-8,11H2,1H3/t17-/m1/s1. The van der Waals surface area contributed by atoms with Crippen molar-refractivity contribution in [1.29, 1.82) is 0 Å². The first-order chi connectivity index (χ1) is 14.3. The zero-order valence-electron chi connectivity index (χ0n) is 15.9. The van der Waals surface area contributed by atoms with Crippen LogP contribution in [0.2, 0.25) is 10.0 Å². The van der Waals surface area contributed by atoms with E-state index >= 15 is 0 Å². The minimum absolute atomic E-state index is 0.0803. The van der Waals surface area contributed by atoms with Gasteiger partial charge >= 0.3 is 5.97 Å². The number of hydrogen-bond donors (Lipinski definition) is 0. The number of esters is 1. The Balaban J connectivity index is 1.80. The van der Waals surface area contributed by atoms with Gasteiger partial charge in [0, 0.05) is 5.56 Å². The van der Waals surface area contributed by atoms with Crippen molar-refractivity contribution < 1.29 is 23.9 Å². The number of halogens is 2. The van der Waals surface area contributed by atoms with Crippen LogP contribution in [0.25, 0.3) is 0 Å². The largest absolute Gasteiger partial charge is 0.456 e. The Hall–Kier alpha value is -2.35. The molecule has 0 spiro atoms. The molecule has 2 aromatic carbocycles. The molecule has 0 saturated carbocycles. The molecule has 0 aliphatic carbocycles. The fourth-order valence-corrected chi connectivity index (χ4v) is 3.84. The number of amides is 2. The first-order valence-corrected chi connectivity index (χ1v) is 11.1. The van der Waals surface area contributed by atoms with E-state index in [1.54, 1.807) is 30.3 Å². The zero-order chi connectivity index (χ0) is 21.8. The van der Waals surface area contributed by atoms with Crippen LogP contribution in [0.3, 0.4) is 0 Å². The molecule has 1 aliphatic rings. The molecule has 0 fully saturated rings. The van der Waals surface area contributed by atoms with Gasteiger partial charge in [-0.1, -0.05) is 53.5 Å². The number of ether oxygens (including phenoxy) is 1. The van der Waals surface area contributed by atoms with E-state index in [2.05, 4.69) is 0 Å². The Bertz CT molecular complexity index is 971. The molecule has 9 heteroatoms. The van der Waals surface area contributed by atoms with Crippen molar-refractivity contribution in [1.82, 2.24) is 4.90 Å². The van der Waals surface area contributed by atoms with Crippen molar-refractivity contribution in [3.8, 4) is 0 Å². The lowest BCUT2D eigenvalue weighted by atomic mass is 10.1. The molecule has 2 aromatic rings. The highest BCUT2D eigenvalue weighted by molar-refractivity contribution is 7.98. The highest BCUT2D eigenvalue weighted by Crippen LogP contribution is 2.33. The lowest BCUT2D eigenvalue weighted by Crippen LogP contribution is -2.46. The highest BCUT2D eigenvalue weighted by atomic mass is 35.5. The van der Waals surface area contributed by atoms with Crippen molar-refractivity contribution in [3.05, 3.63) is 69.2 Å². The molecule has 0 saturated heterocycles. The number of imide groups is 1. The number of ketones is 1. The van der Waals surface area contributed by atoms with E-state index in [-0.39, 0.29) is 33.4 Å². The number of Topliss-reactive ketones (excluding diaryl/α,β-unsaturated/α-hetero) is 1. The number of rotatable bonds is 8. The maximum Gasteiger partial charge on any atom is 0.329 e. The van der Waals surface area contributed by atoms with Crippen LogP contribution in [0.15, 0.2) is 42.5 Å². The molecule has 1 atom stereocenters. The predicted molar refractivity (Wildman–Crippen MR) is 115 cm³/mol. The van der Waals surface area contributed by atoms with Crippen LogP contribution in [0, 0.1) is 0 Å². The molecule has 0 N–H and O–H groups in total. The third-order valence-electron chi connectivity index (χ3n) is 4.58. The fourth-order valence-electron chi connectivity index (χ4n) is 3.06. The van der Waals surface area contributed by atoms with Crippen LogP contribution in [-0.4, -0.2) is 53.1 Å². The number of nitrogens with zero attached hydrogens (tertiary/aromatic N) is 1. The van der Waals surface area contributed by atoms with E-state index in [0.717, 1.165) is 4.90 Å². The van der Waals surface area contributed by atoms with Gasteiger partial charge in [0.15, 0.2) is 12.4 Å². The summed E-state index contributed by atoms with van der Waals surface area (Å²) >= 11 is 13.4. The molecule has 156 valence electrons. The van der Waals surface area contributed by atoms with E-state index in [9.17, 15) is 19.2 Å². The third kappa shape index (κ3) is 4.53. The Kier molecular flexibility index (Phi) is 7.18. The van der Waals surface area contributed by atoms with Gasteiger partial charge in [-0.25, -0.2) is 4.79 Å². The summed E-state index contributed by atoms with van der Waals surface area (Å²) in [6, 6.07) is 9.85. The molecule has 0 bridgehead atoms. The van der Waals surface area contributed by atoms with Crippen LogP contribution in [-0.2, 0) is 9.53 Å². The summed E-state index contributed by atoms with van der Waals surface area (Å²) in [7, 11) is 0. The summed E-state index contributed by atoms with van der Waals surface area (Å²) in [4.78, 5) is 51.6. The van der Waals surface area contributed by atoms with Crippen molar-refractivity contribution in [3.63, 3.8) is 0 Å². The van der Waals surface area contributed by atoms with Crippen LogP contribution in [0.4, 0.5) is 0 Å². The SMILES string of the molecule is CSCC[C@H](C(=O)OCC(=O)c1ccccc1)N1C(=O)c2cc(Cl)c(Cl)cc2C1=O. The van der Waals surface area contributed by atoms with Gasteiger partial charge in [-0.15, -0.1) is 0 Å². The minimum atomic E-state index is -1.16. The Morgan fingerprint density at radius 1 is 1.03 bits per heavy atom. The van der Waals surface area contributed by atoms with Crippen molar-refractivity contribution in [2.45, 2.75) is 12.5 Å². The Morgan fingerprint density at radius 2 is 1.60 bits per heavy atom. The second-order valence-electron chi connectivity index (χ2n) is 6.49. The first kappa shape index (κ1) is 22.3. The topological polar surface area (TPSA) is 80.8 Å². The molecule has 0 radical (unpaired) electrons. The molecule has 0 unspecified atom stereocenters. The lowest BCUT2D eigenvalue weighted by molar-refractivity contribution is -0.147. The number of fused-ring (bicyclic) bond motifs is 1. The van der Waals surface area contributed by atoms with Crippen LogP contribution >= 0.6 is 35.0 Å². The van der Waals surface area contributed by atoms with Gasteiger partial charge < -0.3 is 4.74 Å². The van der Waals surface area contributed by atoms with Gasteiger partial charge in [0.05, 0.1) is 21.2 Å². The van der Waals surface area contributed by atoms with Crippen LogP contribution < -0.4 is 0 Å². The number of benzene rings is 2. The molecule has 6 nitrogen and oxygen atoms in total. The van der Waals surface area contributed by atoms with Crippen LogP contribution in [0.5, 0.6) is 0 Å². The van der Waals surface area contributed by atoms with E-state index in [1.165, 1.54) is 23.9 Å². The number of carbonyl (C=O) groups is 4. The Labute approximate surface area is 187 Å². The smallest absolute Gasteiger partial charge is 0.329 e. The van der Waals surface area contributed by atoms with E-state index in [1.807, 2.05) is 6.26 Å². The fraction of sp³-hybridized carbons (Fsp3) is 0.238. The summed E-state index contributed by atoms with van der Waals surface area (Å²) in [6.07, 6.45) is 2.02. The molecule has 30 heavy (non-hydrogen) atoms. The third-order valence-corrected chi connectivity index (χ3v) is 5.95. The van der Waals surface area contributed by atoms with Crippen molar-refractivity contribution in [2.24, 2.45) is 0 Å². The van der Waals surface area contributed by atoms with E-state index < -0.39 is 30.4 Å². The van der Waals surface area contributed by atoms with Gasteiger partial charge in [0.25, 0.3) is 11.8 Å². The van der Waals surface area contributed by atoms with E-state index in [0.29, 0.717) is 11.3 Å². The van der Waals surface area contributed by atoms with Gasteiger partial charge in [-0.3, -0.25) is 19.3 Å². The van der Waals surface area contributed by atoms with Crippen molar-refractivity contribution in [2.75, 3.05) is 18.6 Å². The quantitative estimate of drug-likeness (QED) is 0.331. The highest BCUT2D eigenvalue weighted by Gasteiger charge is 2.43. The number of carbonyl (C=O) groups excluding carboxylic acids is 4. The Morgan fingerprint density at radius 3 is 2.13 bits per heavy atom. The predicted octanol–water partition coefficient (Wildman–Crippen LogP) is 4.14. The molecule has 1 aliphatic heterocycles. The first-order valence-electron chi connectivity index (χ1n) is 8.96. The number of hydrogen-bond acceptors (Lipinski definition) is 6. The summed E-state index contributed by atoms with van der Waals surface area (Å²) in [5, 5.41) is 0.269. The number of thioether (sulfide) groups is 1. The van der Waals surface area contributed by atoms with Gasteiger partial charge in [0.1, 0.15) is 6.04 Å². The van der Waals surface area contributed by atoms with Gasteiger partial charge in [-0.2, -0.15) is 11.8 Å². The van der Waals surface area contributed by atoms with E-state index in [4.69, 9.17) is 27.9 Å². The molecular formula is C21H17Cl2NO5S. The molecular weight excluding hydrogens is 449 g/mol. The average Bonchev–Trinajstić information content (AvgIpc) is 2.97. The molecule has 2 amide bonds. The summed E-state index contributed by atoms with van der Waals surface area (Å²) in [6.45, 7) is -0.487. The molecule has 3 rings (SSSR count).